The summed E-state index contributed by atoms with van der Waals surface area (Å²) in [4.78, 5) is 24.5. The fourth-order valence-corrected chi connectivity index (χ4v) is 6.86. The first-order valence-corrected chi connectivity index (χ1v) is 10.4. The van der Waals surface area contributed by atoms with Crippen LogP contribution in [0.1, 0.15) is 59.3 Å². The third kappa shape index (κ3) is 2.79. The van der Waals surface area contributed by atoms with Crippen LogP contribution in [0.15, 0.2) is 23.3 Å². The Morgan fingerprint density at radius 1 is 1.26 bits per heavy atom. The van der Waals surface area contributed by atoms with E-state index in [0.717, 1.165) is 37.7 Å². The summed E-state index contributed by atoms with van der Waals surface area (Å²) < 4.78 is 11.3. The Labute approximate surface area is 162 Å². The van der Waals surface area contributed by atoms with Gasteiger partial charge in [-0.1, -0.05) is 25.5 Å². The van der Waals surface area contributed by atoms with Crippen LogP contribution in [0.4, 0.5) is 0 Å². The number of methoxy groups -OCH3 is 1. The van der Waals surface area contributed by atoms with Crippen molar-refractivity contribution in [2.24, 2.45) is 28.6 Å². The zero-order chi connectivity index (χ0) is 19.4. The molecule has 0 bridgehead atoms. The van der Waals surface area contributed by atoms with Crippen molar-refractivity contribution in [3.8, 4) is 0 Å². The molecule has 0 saturated heterocycles. The molecule has 0 amide bonds. The average Bonchev–Trinajstić information content (AvgIpc) is 2.98. The van der Waals surface area contributed by atoms with Gasteiger partial charge in [-0.2, -0.15) is 0 Å². The van der Waals surface area contributed by atoms with Crippen LogP contribution in [-0.2, 0) is 19.1 Å². The maximum absolute atomic E-state index is 12.3. The summed E-state index contributed by atoms with van der Waals surface area (Å²) in [6.45, 7) is 6.63. The maximum atomic E-state index is 12.3. The van der Waals surface area contributed by atoms with Gasteiger partial charge in [0, 0.05) is 24.9 Å². The van der Waals surface area contributed by atoms with E-state index in [0.29, 0.717) is 24.0 Å². The van der Waals surface area contributed by atoms with Gasteiger partial charge in [0.1, 0.15) is 12.6 Å². The summed E-state index contributed by atoms with van der Waals surface area (Å²) in [7, 11) is 1.64. The molecule has 2 saturated carbocycles. The summed E-state index contributed by atoms with van der Waals surface area (Å²) in [5, 5.41) is 0. The Kier molecular flexibility index (Phi) is 4.71. The number of carbonyl (C=O) groups is 2. The second-order valence-electron chi connectivity index (χ2n) is 9.52. The molecule has 0 heterocycles. The van der Waals surface area contributed by atoms with E-state index in [2.05, 4.69) is 19.9 Å². The van der Waals surface area contributed by atoms with Crippen LogP contribution in [0.3, 0.4) is 0 Å². The molecule has 148 valence electrons. The van der Waals surface area contributed by atoms with E-state index in [4.69, 9.17) is 9.47 Å². The quantitative estimate of drug-likeness (QED) is 0.547. The number of rotatable bonds is 4. The molecule has 27 heavy (non-hydrogen) atoms. The summed E-state index contributed by atoms with van der Waals surface area (Å²) in [5.74, 6) is 1.69. The van der Waals surface area contributed by atoms with E-state index in [-0.39, 0.29) is 35.4 Å². The zero-order valence-electron chi connectivity index (χ0n) is 17.0. The fourth-order valence-electron chi connectivity index (χ4n) is 6.86. The average molecular weight is 373 g/mol. The lowest BCUT2D eigenvalue weighted by Crippen LogP contribution is -2.49. The molecule has 0 aromatic heterocycles. The van der Waals surface area contributed by atoms with Crippen molar-refractivity contribution < 1.29 is 19.1 Å². The standard InChI is InChI=1S/C23H32O4/c1-14(24)17-5-6-18-16-12-21(27-13-26-4)20-11-15(25)7-9-23(20,3)19(16)8-10-22(17,18)2/h8,11,16-18,21H,5-7,9-10,12-13H2,1-4H3/t16-,17+,18-,21?,22+,23+/m0/s1. The fraction of sp³-hybridized carbons (Fsp3) is 0.739. The zero-order valence-corrected chi connectivity index (χ0v) is 17.0. The molecule has 4 aliphatic rings. The molecule has 2 fully saturated rings. The first-order chi connectivity index (χ1) is 12.8. The minimum atomic E-state index is -0.0924. The number of ether oxygens (including phenoxy) is 2. The topological polar surface area (TPSA) is 52.6 Å². The van der Waals surface area contributed by atoms with Crippen LogP contribution in [0.5, 0.6) is 0 Å². The third-order valence-corrected chi connectivity index (χ3v) is 8.21. The van der Waals surface area contributed by atoms with Crippen molar-refractivity contribution in [1.29, 1.82) is 0 Å². The number of Topliss-reactive ketones (excluding diaryl/α,β-unsaturated/α-hetero) is 1. The Bertz CT molecular complexity index is 720. The molecule has 0 N–H and O–H groups in total. The normalized spacial score (nSPS) is 43.3. The molecule has 0 spiro atoms. The van der Waals surface area contributed by atoms with Crippen molar-refractivity contribution in [3.63, 3.8) is 0 Å². The monoisotopic (exact) mass is 372 g/mol. The van der Waals surface area contributed by atoms with Crippen LogP contribution >= 0.6 is 0 Å². The van der Waals surface area contributed by atoms with Crippen molar-refractivity contribution in [3.05, 3.63) is 23.3 Å². The molecule has 4 aliphatic carbocycles. The van der Waals surface area contributed by atoms with Gasteiger partial charge < -0.3 is 9.47 Å². The van der Waals surface area contributed by atoms with Crippen LogP contribution < -0.4 is 0 Å². The minimum Gasteiger partial charge on any atom is -0.359 e. The smallest absolute Gasteiger partial charge is 0.155 e. The highest BCUT2D eigenvalue weighted by atomic mass is 16.7. The maximum Gasteiger partial charge on any atom is 0.155 e. The molecular formula is C23H32O4. The van der Waals surface area contributed by atoms with E-state index in [9.17, 15) is 9.59 Å². The highest BCUT2D eigenvalue weighted by molar-refractivity contribution is 5.92. The number of carbonyl (C=O) groups excluding carboxylic acids is 2. The highest BCUT2D eigenvalue weighted by Gasteiger charge is 2.58. The lowest BCUT2D eigenvalue weighted by atomic mass is 9.50. The van der Waals surface area contributed by atoms with E-state index in [1.807, 2.05) is 6.08 Å². The molecule has 1 unspecified atom stereocenters. The van der Waals surface area contributed by atoms with Gasteiger partial charge in [-0.3, -0.25) is 9.59 Å². The Balaban J connectivity index is 1.75. The SMILES string of the molecule is COCOC1C[C@@H]2C(=CC[C@]3(C)[C@@H](C(C)=O)CC[C@@H]23)[C@@]2(C)CCC(=O)C=C12. The lowest BCUT2D eigenvalue weighted by molar-refractivity contribution is -0.125. The second kappa shape index (κ2) is 6.66. The lowest BCUT2D eigenvalue weighted by Gasteiger charge is -2.55. The number of hydrogen-bond donors (Lipinski definition) is 0. The number of fused-ring (bicyclic) bond motifs is 5. The summed E-state index contributed by atoms with van der Waals surface area (Å²) in [5.41, 5.74) is 2.62. The first kappa shape index (κ1) is 19.1. The minimum absolute atomic E-state index is 0.0634. The Hall–Kier alpha value is -1.26. The molecule has 0 aromatic rings. The van der Waals surface area contributed by atoms with Crippen LogP contribution in [0.25, 0.3) is 0 Å². The highest BCUT2D eigenvalue weighted by Crippen LogP contribution is 2.64. The molecule has 0 aromatic carbocycles. The first-order valence-electron chi connectivity index (χ1n) is 10.4. The molecule has 0 radical (unpaired) electrons. The van der Waals surface area contributed by atoms with E-state index >= 15 is 0 Å². The van der Waals surface area contributed by atoms with Crippen LogP contribution in [-0.4, -0.2) is 31.6 Å². The van der Waals surface area contributed by atoms with Gasteiger partial charge in [-0.15, -0.1) is 0 Å². The predicted octanol–water partition coefficient (Wildman–Crippen LogP) is 4.24. The van der Waals surface area contributed by atoms with Gasteiger partial charge in [0.25, 0.3) is 0 Å². The second-order valence-corrected chi connectivity index (χ2v) is 9.52. The molecule has 4 nitrogen and oxygen atoms in total. The van der Waals surface area contributed by atoms with E-state index in [1.54, 1.807) is 14.0 Å². The molecule has 4 rings (SSSR count). The van der Waals surface area contributed by atoms with Crippen molar-refractivity contribution >= 4 is 11.6 Å². The van der Waals surface area contributed by atoms with E-state index in [1.165, 1.54) is 5.57 Å². The van der Waals surface area contributed by atoms with Crippen molar-refractivity contribution in [2.45, 2.75) is 65.4 Å². The van der Waals surface area contributed by atoms with Gasteiger partial charge in [-0.05, 0) is 67.9 Å². The predicted molar refractivity (Wildman–Crippen MR) is 103 cm³/mol. The summed E-state index contributed by atoms with van der Waals surface area (Å²) >= 11 is 0. The Morgan fingerprint density at radius 3 is 2.74 bits per heavy atom. The van der Waals surface area contributed by atoms with Gasteiger partial charge in [0.15, 0.2) is 5.78 Å². The number of allylic oxidation sites excluding steroid dienone is 3. The summed E-state index contributed by atoms with van der Waals surface area (Å²) in [6, 6.07) is 0. The molecule has 4 heteroatoms. The van der Waals surface area contributed by atoms with Gasteiger partial charge in [0.2, 0.25) is 0 Å². The largest absolute Gasteiger partial charge is 0.359 e. The third-order valence-electron chi connectivity index (χ3n) is 8.21. The van der Waals surface area contributed by atoms with Gasteiger partial charge in [-0.25, -0.2) is 0 Å². The van der Waals surface area contributed by atoms with Gasteiger partial charge in [0.05, 0.1) is 6.10 Å². The number of hydrogen-bond acceptors (Lipinski definition) is 4. The van der Waals surface area contributed by atoms with Gasteiger partial charge >= 0.3 is 0 Å². The Morgan fingerprint density at radius 2 is 2.04 bits per heavy atom. The van der Waals surface area contributed by atoms with Crippen LogP contribution in [0, 0.1) is 28.6 Å². The molecular weight excluding hydrogens is 340 g/mol. The molecule has 6 atom stereocenters. The number of ketones is 2. The van der Waals surface area contributed by atoms with Crippen molar-refractivity contribution in [2.75, 3.05) is 13.9 Å². The van der Waals surface area contributed by atoms with E-state index < -0.39 is 0 Å². The molecule has 0 aliphatic heterocycles. The van der Waals surface area contributed by atoms with Crippen LogP contribution in [0.2, 0.25) is 0 Å². The summed E-state index contributed by atoms with van der Waals surface area (Å²) in [6.07, 6.45) is 9.69. The van der Waals surface area contributed by atoms with Crippen molar-refractivity contribution in [1.82, 2.24) is 0 Å².